The van der Waals surface area contributed by atoms with E-state index in [-0.39, 0.29) is 17.2 Å². The minimum Gasteiger partial charge on any atom is -0.325 e. The Kier molecular flexibility index (Phi) is 3.64. The van der Waals surface area contributed by atoms with Gasteiger partial charge in [-0.15, -0.1) is 0 Å². The molecule has 2 amide bonds. The van der Waals surface area contributed by atoms with E-state index in [0.717, 1.165) is 24.8 Å². The van der Waals surface area contributed by atoms with Crippen molar-refractivity contribution in [3.63, 3.8) is 0 Å². The number of nitrogens with two attached hydrogens (primary N) is 1. The number of nitrogens with one attached hydrogen (secondary N) is 2. The molecule has 1 aromatic carbocycles. The Labute approximate surface area is 142 Å². The van der Waals surface area contributed by atoms with Crippen LogP contribution in [0.15, 0.2) is 18.2 Å². The summed E-state index contributed by atoms with van der Waals surface area (Å²) in [5, 5.41) is 3.05. The average molecular weight is 327 g/mol. The van der Waals surface area contributed by atoms with E-state index in [1.807, 2.05) is 13.0 Å². The Balaban J connectivity index is 1.60. The molecule has 0 aliphatic heterocycles. The van der Waals surface area contributed by atoms with Gasteiger partial charge in [-0.05, 0) is 75.3 Å². The maximum atomic E-state index is 13.1. The van der Waals surface area contributed by atoms with Crippen molar-refractivity contribution in [3.05, 3.63) is 29.3 Å². The molecule has 0 saturated heterocycles. The lowest BCUT2D eigenvalue weighted by Gasteiger charge is -2.55. The zero-order chi connectivity index (χ0) is 16.9. The first-order chi connectivity index (χ1) is 11.5. The summed E-state index contributed by atoms with van der Waals surface area (Å²) in [6.45, 7) is 1.91. The van der Waals surface area contributed by atoms with E-state index in [0.29, 0.717) is 29.0 Å². The van der Waals surface area contributed by atoms with Crippen molar-refractivity contribution in [1.29, 1.82) is 0 Å². The molecule has 0 atom stereocenters. The highest BCUT2D eigenvalue weighted by Crippen LogP contribution is 2.60. The highest BCUT2D eigenvalue weighted by Gasteiger charge is 2.54. The van der Waals surface area contributed by atoms with Crippen LogP contribution < -0.4 is 16.6 Å². The van der Waals surface area contributed by atoms with Crippen molar-refractivity contribution < 1.29 is 9.59 Å². The Morgan fingerprint density at radius 3 is 2.21 bits per heavy atom. The van der Waals surface area contributed by atoms with Crippen LogP contribution in [0.1, 0.15) is 54.4 Å². The minimum absolute atomic E-state index is 0.0940. The van der Waals surface area contributed by atoms with E-state index >= 15 is 0 Å². The summed E-state index contributed by atoms with van der Waals surface area (Å²) in [5.41, 5.74) is 3.89. The summed E-state index contributed by atoms with van der Waals surface area (Å²) in [6.07, 6.45) is 6.94. The maximum absolute atomic E-state index is 13.1. The lowest BCUT2D eigenvalue weighted by Crippen LogP contribution is -2.51. The van der Waals surface area contributed by atoms with Gasteiger partial charge in [0.2, 0.25) is 5.91 Å². The van der Waals surface area contributed by atoms with Crippen molar-refractivity contribution in [2.75, 3.05) is 5.32 Å². The molecule has 4 fully saturated rings. The van der Waals surface area contributed by atoms with Crippen LogP contribution >= 0.6 is 0 Å². The van der Waals surface area contributed by atoms with Gasteiger partial charge in [-0.25, -0.2) is 5.84 Å². The fraction of sp³-hybridized carbons (Fsp3) is 0.579. The van der Waals surface area contributed by atoms with Crippen LogP contribution in [-0.2, 0) is 4.79 Å². The van der Waals surface area contributed by atoms with E-state index in [1.165, 1.54) is 19.3 Å². The smallest absolute Gasteiger partial charge is 0.267 e. The molecule has 0 spiro atoms. The molecule has 5 rings (SSSR count). The van der Waals surface area contributed by atoms with Gasteiger partial charge in [0.1, 0.15) is 0 Å². The molecule has 0 unspecified atom stereocenters. The predicted molar refractivity (Wildman–Crippen MR) is 92.1 cm³/mol. The van der Waals surface area contributed by atoms with Gasteiger partial charge >= 0.3 is 0 Å². The molecule has 4 saturated carbocycles. The van der Waals surface area contributed by atoms with Gasteiger partial charge in [0, 0.05) is 0 Å². The van der Waals surface area contributed by atoms with Gasteiger partial charge in [-0.1, -0.05) is 11.6 Å². The highest BCUT2D eigenvalue weighted by atomic mass is 16.2. The molecule has 4 aliphatic rings. The monoisotopic (exact) mass is 327 g/mol. The normalized spacial score (nSPS) is 33.3. The van der Waals surface area contributed by atoms with Crippen LogP contribution in [-0.4, -0.2) is 11.8 Å². The van der Waals surface area contributed by atoms with E-state index in [2.05, 4.69) is 10.7 Å². The number of carbonyl (C=O) groups excluding carboxylic acids is 2. The lowest BCUT2D eigenvalue weighted by molar-refractivity contribution is -0.140. The van der Waals surface area contributed by atoms with E-state index in [4.69, 9.17) is 5.84 Å². The third-order valence-electron chi connectivity index (χ3n) is 6.32. The maximum Gasteiger partial charge on any atom is 0.267 e. The van der Waals surface area contributed by atoms with Gasteiger partial charge in [0.15, 0.2) is 0 Å². The molecule has 0 aromatic heterocycles. The summed E-state index contributed by atoms with van der Waals surface area (Å²) in [5.74, 6) is 7.15. The quantitative estimate of drug-likeness (QED) is 0.453. The third-order valence-corrected chi connectivity index (χ3v) is 6.32. The van der Waals surface area contributed by atoms with Crippen LogP contribution in [0.3, 0.4) is 0 Å². The third kappa shape index (κ3) is 2.51. The predicted octanol–water partition coefficient (Wildman–Crippen LogP) is 2.75. The molecule has 4 aliphatic carbocycles. The number of nitrogen functional groups attached to an aromatic ring is 1. The number of hydrazine groups is 1. The molecular formula is C19H25N3O2. The van der Waals surface area contributed by atoms with Crippen LogP contribution in [0.5, 0.6) is 0 Å². The number of aryl methyl sites for hydroxylation is 1. The van der Waals surface area contributed by atoms with Gasteiger partial charge in [0.25, 0.3) is 5.91 Å². The Morgan fingerprint density at radius 1 is 1.08 bits per heavy atom. The second-order valence-electron chi connectivity index (χ2n) is 8.17. The Hall–Kier alpha value is -1.88. The first kappa shape index (κ1) is 15.6. The van der Waals surface area contributed by atoms with Crippen LogP contribution in [0.25, 0.3) is 0 Å². The first-order valence-electron chi connectivity index (χ1n) is 8.92. The lowest BCUT2D eigenvalue weighted by atomic mass is 9.49. The minimum atomic E-state index is -0.375. The number of hydrogen-bond acceptors (Lipinski definition) is 3. The highest BCUT2D eigenvalue weighted by molar-refractivity contribution is 6.05. The molecule has 0 radical (unpaired) electrons. The molecular weight excluding hydrogens is 302 g/mol. The van der Waals surface area contributed by atoms with E-state index in [9.17, 15) is 9.59 Å². The summed E-state index contributed by atoms with van der Waals surface area (Å²) in [6, 6.07) is 5.47. The van der Waals surface area contributed by atoms with Crippen molar-refractivity contribution in [2.24, 2.45) is 29.0 Å². The molecule has 0 heterocycles. The Morgan fingerprint density at radius 2 is 1.67 bits per heavy atom. The molecule has 4 bridgehead atoms. The second-order valence-corrected chi connectivity index (χ2v) is 8.17. The molecule has 5 heteroatoms. The SMILES string of the molecule is Cc1ccc(NC(=O)C23CC4CC(CC(C4)C2)C3)c(C(=O)NN)c1. The van der Waals surface area contributed by atoms with Gasteiger partial charge in [-0.2, -0.15) is 0 Å². The fourth-order valence-electron chi connectivity index (χ4n) is 5.68. The number of hydrogen-bond donors (Lipinski definition) is 3. The average Bonchev–Trinajstić information content (AvgIpc) is 2.54. The number of carbonyl (C=O) groups is 2. The topological polar surface area (TPSA) is 84.2 Å². The second kappa shape index (κ2) is 5.59. The first-order valence-corrected chi connectivity index (χ1v) is 8.92. The van der Waals surface area contributed by atoms with Crippen molar-refractivity contribution in [3.8, 4) is 0 Å². The number of anilines is 1. The molecule has 4 N–H and O–H groups in total. The fourth-order valence-corrected chi connectivity index (χ4v) is 5.68. The Bertz CT molecular complexity index is 663. The summed E-state index contributed by atoms with van der Waals surface area (Å²) >= 11 is 0. The molecule has 24 heavy (non-hydrogen) atoms. The number of benzene rings is 1. The van der Waals surface area contributed by atoms with Gasteiger partial charge in [0.05, 0.1) is 16.7 Å². The summed E-state index contributed by atoms with van der Waals surface area (Å²) in [4.78, 5) is 25.2. The zero-order valence-corrected chi connectivity index (χ0v) is 14.1. The van der Waals surface area contributed by atoms with E-state index in [1.54, 1.807) is 12.1 Å². The van der Waals surface area contributed by atoms with Gasteiger partial charge < -0.3 is 5.32 Å². The summed E-state index contributed by atoms with van der Waals surface area (Å²) in [7, 11) is 0. The van der Waals surface area contributed by atoms with Gasteiger partial charge in [-0.3, -0.25) is 15.0 Å². The van der Waals surface area contributed by atoms with Crippen LogP contribution in [0, 0.1) is 30.1 Å². The van der Waals surface area contributed by atoms with Crippen molar-refractivity contribution in [2.45, 2.75) is 45.4 Å². The van der Waals surface area contributed by atoms with Crippen LogP contribution in [0.4, 0.5) is 5.69 Å². The van der Waals surface area contributed by atoms with Crippen LogP contribution in [0.2, 0.25) is 0 Å². The number of amides is 2. The standard InChI is InChI=1S/C19H25N3O2/c1-11-2-3-16(15(4-11)17(23)22-20)21-18(24)19-8-12-5-13(9-19)7-14(6-12)10-19/h2-4,12-14H,5-10,20H2,1H3,(H,21,24)(H,22,23). The molecule has 128 valence electrons. The summed E-state index contributed by atoms with van der Waals surface area (Å²) < 4.78 is 0. The zero-order valence-electron chi connectivity index (χ0n) is 14.1. The molecule has 1 aromatic rings. The van der Waals surface area contributed by atoms with Crippen molar-refractivity contribution in [1.82, 2.24) is 5.43 Å². The number of rotatable bonds is 3. The molecule has 5 nitrogen and oxygen atoms in total. The van der Waals surface area contributed by atoms with Crippen molar-refractivity contribution >= 4 is 17.5 Å². The van der Waals surface area contributed by atoms with E-state index < -0.39 is 0 Å². The largest absolute Gasteiger partial charge is 0.325 e.